The molecule has 0 saturated heterocycles. The topological polar surface area (TPSA) is 131 Å². The van der Waals surface area contributed by atoms with Gasteiger partial charge in [-0.1, -0.05) is 13.8 Å². The van der Waals surface area contributed by atoms with Crippen LogP contribution in [0.5, 0.6) is 5.88 Å². The van der Waals surface area contributed by atoms with Gasteiger partial charge in [-0.05, 0) is 23.6 Å². The quantitative estimate of drug-likeness (QED) is 0.560. The molecular weight excluding hydrogens is 434 g/mol. The minimum absolute atomic E-state index is 0.117. The molecular formula is C21H27N5O5S. The van der Waals surface area contributed by atoms with E-state index >= 15 is 0 Å². The predicted molar refractivity (Wildman–Crippen MR) is 118 cm³/mol. The minimum atomic E-state index is -3.51. The summed E-state index contributed by atoms with van der Waals surface area (Å²) in [7, 11) is -2.01. The zero-order valence-electron chi connectivity index (χ0n) is 18.5. The number of sulfone groups is 1. The van der Waals surface area contributed by atoms with Gasteiger partial charge in [-0.15, -0.1) is 0 Å². The first kappa shape index (κ1) is 22.4. The van der Waals surface area contributed by atoms with Crippen molar-refractivity contribution in [2.45, 2.75) is 44.5 Å². The first-order valence-corrected chi connectivity index (χ1v) is 12.2. The highest BCUT2D eigenvalue weighted by Crippen LogP contribution is 2.37. The number of hydrogen-bond donors (Lipinski definition) is 2. The van der Waals surface area contributed by atoms with Crippen LogP contribution in [0.15, 0.2) is 23.2 Å². The third-order valence-electron chi connectivity index (χ3n) is 5.76. The molecule has 10 nitrogen and oxygen atoms in total. The first-order chi connectivity index (χ1) is 15.2. The highest BCUT2D eigenvalue weighted by molar-refractivity contribution is 7.90. The van der Waals surface area contributed by atoms with Crippen molar-refractivity contribution in [1.29, 1.82) is 0 Å². The third-order valence-corrected chi connectivity index (χ3v) is 6.94. The number of ether oxygens (including phenoxy) is 1. The number of anilines is 1. The van der Waals surface area contributed by atoms with Crippen molar-refractivity contribution in [3.63, 3.8) is 0 Å². The number of benzene rings is 1. The molecule has 1 atom stereocenters. The number of aliphatic hydroxyl groups is 2. The van der Waals surface area contributed by atoms with Crippen LogP contribution in [0.4, 0.5) is 5.95 Å². The third kappa shape index (κ3) is 3.70. The average Bonchev–Trinajstić information content (AvgIpc) is 3.13. The molecule has 1 aromatic carbocycles. The molecule has 0 fully saturated rings. The molecule has 3 aromatic rings. The lowest BCUT2D eigenvalue weighted by atomic mass is 10.00. The van der Waals surface area contributed by atoms with Gasteiger partial charge in [0.2, 0.25) is 11.8 Å². The Morgan fingerprint density at radius 1 is 1.16 bits per heavy atom. The number of methoxy groups -OCH3 is 1. The van der Waals surface area contributed by atoms with Crippen molar-refractivity contribution < 1.29 is 23.4 Å². The SMILES string of the molecule is COc1nc(N2CCn3c(nc4cc(CO)c(S(C)(=O)=O)cc43)[C@H]2C(C)C)ncc1CO. The highest BCUT2D eigenvalue weighted by atomic mass is 32.2. The minimum Gasteiger partial charge on any atom is -0.481 e. The maximum atomic E-state index is 12.3. The van der Waals surface area contributed by atoms with E-state index < -0.39 is 9.84 Å². The molecule has 4 rings (SSSR count). The predicted octanol–water partition coefficient (Wildman–Crippen LogP) is 1.44. The van der Waals surface area contributed by atoms with Crippen molar-refractivity contribution >= 4 is 26.8 Å². The van der Waals surface area contributed by atoms with Gasteiger partial charge in [0, 0.05) is 25.5 Å². The summed E-state index contributed by atoms with van der Waals surface area (Å²) in [5.74, 6) is 1.72. The molecule has 0 spiro atoms. The van der Waals surface area contributed by atoms with E-state index in [0.717, 1.165) is 17.6 Å². The standard InChI is InChI=1S/C21H27N5O5S/c1-12(2)18-19-23-15-7-13(10-27)17(32(4,29)30)8-16(15)25(19)5-6-26(18)21-22-9-14(11-28)20(24-21)31-3/h7-9,12,18,27-28H,5-6,10-11H2,1-4H3/t18-/m1/s1. The average molecular weight is 462 g/mol. The van der Waals surface area contributed by atoms with Crippen molar-refractivity contribution in [2.75, 3.05) is 24.8 Å². The molecule has 0 saturated carbocycles. The van der Waals surface area contributed by atoms with Gasteiger partial charge in [0.05, 0.1) is 47.9 Å². The zero-order chi connectivity index (χ0) is 23.2. The molecule has 0 amide bonds. The van der Waals surface area contributed by atoms with E-state index in [4.69, 9.17) is 9.72 Å². The molecule has 11 heteroatoms. The number of nitrogens with zero attached hydrogens (tertiary/aromatic N) is 5. The second-order valence-electron chi connectivity index (χ2n) is 8.25. The first-order valence-electron chi connectivity index (χ1n) is 10.3. The molecule has 0 unspecified atom stereocenters. The van der Waals surface area contributed by atoms with E-state index in [0.29, 0.717) is 41.6 Å². The van der Waals surface area contributed by atoms with Gasteiger partial charge in [0.25, 0.3) is 0 Å². The summed E-state index contributed by atoms with van der Waals surface area (Å²) in [5.41, 5.74) is 2.20. The number of aromatic nitrogens is 4. The number of hydrogen-bond acceptors (Lipinski definition) is 9. The maximum absolute atomic E-state index is 12.3. The molecule has 32 heavy (non-hydrogen) atoms. The summed E-state index contributed by atoms with van der Waals surface area (Å²) in [6.45, 7) is 4.69. The lowest BCUT2D eigenvalue weighted by Crippen LogP contribution is -2.42. The van der Waals surface area contributed by atoms with Crippen LogP contribution in [0.2, 0.25) is 0 Å². The number of aliphatic hydroxyl groups excluding tert-OH is 2. The molecule has 172 valence electrons. The van der Waals surface area contributed by atoms with Gasteiger partial charge in [-0.3, -0.25) is 0 Å². The smallest absolute Gasteiger partial charge is 0.229 e. The van der Waals surface area contributed by atoms with Gasteiger partial charge < -0.3 is 24.4 Å². The van der Waals surface area contributed by atoms with Gasteiger partial charge in [-0.2, -0.15) is 4.98 Å². The van der Waals surface area contributed by atoms with Crippen LogP contribution >= 0.6 is 0 Å². The fraction of sp³-hybridized carbons (Fsp3) is 0.476. The Hall–Kier alpha value is -2.76. The summed E-state index contributed by atoms with van der Waals surface area (Å²) in [5, 5.41) is 19.2. The van der Waals surface area contributed by atoms with Crippen molar-refractivity contribution in [3.8, 4) is 5.88 Å². The molecule has 0 radical (unpaired) electrons. The molecule has 3 heterocycles. The molecule has 2 N–H and O–H groups in total. The van der Waals surface area contributed by atoms with E-state index in [1.165, 1.54) is 7.11 Å². The van der Waals surface area contributed by atoms with Crippen LogP contribution in [0.1, 0.15) is 36.8 Å². The molecule has 0 aliphatic carbocycles. The Bertz CT molecular complexity index is 1270. The van der Waals surface area contributed by atoms with Crippen molar-refractivity contribution in [3.05, 3.63) is 35.3 Å². The largest absolute Gasteiger partial charge is 0.481 e. The monoisotopic (exact) mass is 461 g/mol. The lowest BCUT2D eigenvalue weighted by molar-refractivity contribution is 0.270. The second-order valence-corrected chi connectivity index (χ2v) is 10.2. The van der Waals surface area contributed by atoms with Crippen molar-refractivity contribution in [1.82, 2.24) is 19.5 Å². The Balaban J connectivity index is 1.86. The second kappa shape index (κ2) is 8.30. The van der Waals surface area contributed by atoms with Crippen LogP contribution in [-0.2, 0) is 29.6 Å². The summed E-state index contributed by atoms with van der Waals surface area (Å²) in [6, 6.07) is 3.09. The Morgan fingerprint density at radius 2 is 1.88 bits per heavy atom. The Morgan fingerprint density at radius 3 is 2.47 bits per heavy atom. The zero-order valence-corrected chi connectivity index (χ0v) is 19.3. The van der Waals surface area contributed by atoms with Gasteiger partial charge in [0.1, 0.15) is 5.82 Å². The molecule has 1 aliphatic rings. The van der Waals surface area contributed by atoms with Crippen LogP contribution < -0.4 is 9.64 Å². The Kier molecular flexibility index (Phi) is 5.82. The summed E-state index contributed by atoms with van der Waals surface area (Å²) >= 11 is 0. The van der Waals surface area contributed by atoms with Crippen LogP contribution in [0.25, 0.3) is 11.0 Å². The maximum Gasteiger partial charge on any atom is 0.229 e. The highest BCUT2D eigenvalue weighted by Gasteiger charge is 2.35. The van der Waals surface area contributed by atoms with E-state index in [2.05, 4.69) is 28.7 Å². The van der Waals surface area contributed by atoms with Crippen LogP contribution in [0.3, 0.4) is 0 Å². The fourth-order valence-corrected chi connectivity index (χ4v) is 5.24. The normalized spacial score (nSPS) is 16.6. The van der Waals surface area contributed by atoms with E-state index in [9.17, 15) is 18.6 Å². The number of rotatable bonds is 6. The molecule has 1 aliphatic heterocycles. The van der Waals surface area contributed by atoms with Crippen LogP contribution in [-0.4, -0.2) is 58.1 Å². The van der Waals surface area contributed by atoms with Gasteiger partial charge >= 0.3 is 0 Å². The van der Waals surface area contributed by atoms with Crippen molar-refractivity contribution in [2.24, 2.45) is 5.92 Å². The van der Waals surface area contributed by atoms with E-state index in [1.54, 1.807) is 18.3 Å². The lowest BCUT2D eigenvalue weighted by Gasteiger charge is -2.38. The van der Waals surface area contributed by atoms with E-state index in [-0.39, 0.29) is 30.1 Å². The fourth-order valence-electron chi connectivity index (χ4n) is 4.32. The summed E-state index contributed by atoms with van der Waals surface area (Å²) in [4.78, 5) is 15.9. The van der Waals surface area contributed by atoms with E-state index in [1.807, 2.05) is 4.57 Å². The number of fused-ring (bicyclic) bond motifs is 3. The van der Waals surface area contributed by atoms with Gasteiger partial charge in [-0.25, -0.2) is 18.4 Å². The summed E-state index contributed by atoms with van der Waals surface area (Å²) < 4.78 is 31.9. The molecule has 2 aromatic heterocycles. The van der Waals surface area contributed by atoms with Gasteiger partial charge in [0.15, 0.2) is 9.84 Å². The Labute approximate surface area is 186 Å². The molecule has 0 bridgehead atoms. The number of imidazole rings is 1. The summed E-state index contributed by atoms with van der Waals surface area (Å²) in [6.07, 6.45) is 2.70. The van der Waals surface area contributed by atoms with Crippen LogP contribution in [0, 0.1) is 5.92 Å².